The molecule has 5 heteroatoms. The SMILES string of the molecule is Clc1nc(CCc2ccco2)nc2c1CNCC2. The zero-order valence-electron chi connectivity index (χ0n) is 9.95. The Bertz CT molecular complexity index is 539. The molecule has 0 aromatic carbocycles. The highest BCUT2D eigenvalue weighted by Gasteiger charge is 2.16. The molecule has 2 aromatic heterocycles. The quantitative estimate of drug-likeness (QED) is 0.862. The number of hydrogen-bond acceptors (Lipinski definition) is 4. The lowest BCUT2D eigenvalue weighted by molar-refractivity contribution is 0.505. The number of halogens is 1. The van der Waals surface area contributed by atoms with Gasteiger partial charge < -0.3 is 9.73 Å². The van der Waals surface area contributed by atoms with Gasteiger partial charge in [0.05, 0.1) is 12.0 Å². The Kier molecular flexibility index (Phi) is 3.30. The highest BCUT2D eigenvalue weighted by molar-refractivity contribution is 6.30. The fourth-order valence-corrected chi connectivity index (χ4v) is 2.43. The second-order valence-electron chi connectivity index (χ2n) is 4.36. The van der Waals surface area contributed by atoms with E-state index in [-0.39, 0.29) is 0 Å². The van der Waals surface area contributed by atoms with Crippen molar-refractivity contribution < 1.29 is 4.42 Å². The molecule has 0 bridgehead atoms. The van der Waals surface area contributed by atoms with Crippen molar-refractivity contribution in [3.63, 3.8) is 0 Å². The number of hydrogen-bond donors (Lipinski definition) is 1. The Hall–Kier alpha value is -1.39. The van der Waals surface area contributed by atoms with Crippen LogP contribution in [0.25, 0.3) is 0 Å². The van der Waals surface area contributed by atoms with Gasteiger partial charge in [0.2, 0.25) is 0 Å². The van der Waals surface area contributed by atoms with Crippen LogP contribution in [0.15, 0.2) is 22.8 Å². The summed E-state index contributed by atoms with van der Waals surface area (Å²) in [4.78, 5) is 8.95. The lowest BCUT2D eigenvalue weighted by Crippen LogP contribution is -2.26. The molecule has 0 saturated heterocycles. The summed E-state index contributed by atoms with van der Waals surface area (Å²) in [6.07, 6.45) is 4.17. The zero-order valence-corrected chi connectivity index (χ0v) is 10.7. The molecular formula is C13H14ClN3O. The van der Waals surface area contributed by atoms with E-state index >= 15 is 0 Å². The van der Waals surface area contributed by atoms with Crippen molar-refractivity contribution in [3.8, 4) is 0 Å². The third-order valence-corrected chi connectivity index (χ3v) is 3.42. The lowest BCUT2D eigenvalue weighted by atomic mass is 10.1. The van der Waals surface area contributed by atoms with Gasteiger partial charge in [-0.2, -0.15) is 0 Å². The van der Waals surface area contributed by atoms with Crippen molar-refractivity contribution >= 4 is 11.6 Å². The number of rotatable bonds is 3. The molecule has 0 spiro atoms. The molecule has 0 saturated carbocycles. The van der Waals surface area contributed by atoms with Gasteiger partial charge in [-0.05, 0) is 12.1 Å². The van der Waals surface area contributed by atoms with Gasteiger partial charge in [-0.15, -0.1) is 0 Å². The van der Waals surface area contributed by atoms with E-state index in [1.165, 1.54) is 0 Å². The van der Waals surface area contributed by atoms with E-state index in [4.69, 9.17) is 16.0 Å². The van der Waals surface area contributed by atoms with Gasteiger partial charge in [-0.3, -0.25) is 0 Å². The number of nitrogens with one attached hydrogen (secondary N) is 1. The summed E-state index contributed by atoms with van der Waals surface area (Å²) in [5.41, 5.74) is 2.13. The van der Waals surface area contributed by atoms with Gasteiger partial charge in [0.25, 0.3) is 0 Å². The molecule has 0 atom stereocenters. The topological polar surface area (TPSA) is 51.0 Å². The molecule has 2 aromatic rings. The lowest BCUT2D eigenvalue weighted by Gasteiger charge is -2.17. The van der Waals surface area contributed by atoms with E-state index in [2.05, 4.69) is 15.3 Å². The molecule has 4 nitrogen and oxygen atoms in total. The van der Waals surface area contributed by atoms with Crippen molar-refractivity contribution in [2.24, 2.45) is 0 Å². The van der Waals surface area contributed by atoms with E-state index in [1.807, 2.05) is 12.1 Å². The molecule has 0 radical (unpaired) electrons. The average Bonchev–Trinajstić information content (AvgIpc) is 2.90. The summed E-state index contributed by atoms with van der Waals surface area (Å²) in [7, 11) is 0. The van der Waals surface area contributed by atoms with Crippen LogP contribution in [0.2, 0.25) is 5.15 Å². The monoisotopic (exact) mass is 263 g/mol. The first-order chi connectivity index (χ1) is 8.83. The number of aryl methyl sites for hydroxylation is 2. The van der Waals surface area contributed by atoms with Crippen molar-refractivity contribution in [2.75, 3.05) is 6.54 Å². The molecule has 3 heterocycles. The molecule has 0 aliphatic carbocycles. The first-order valence-electron chi connectivity index (χ1n) is 6.10. The van der Waals surface area contributed by atoms with E-state index < -0.39 is 0 Å². The minimum Gasteiger partial charge on any atom is -0.469 e. The molecule has 1 N–H and O–H groups in total. The molecule has 0 unspecified atom stereocenters. The second kappa shape index (κ2) is 5.08. The third-order valence-electron chi connectivity index (χ3n) is 3.10. The first-order valence-corrected chi connectivity index (χ1v) is 6.48. The zero-order chi connectivity index (χ0) is 12.4. The fraction of sp³-hybridized carbons (Fsp3) is 0.385. The van der Waals surface area contributed by atoms with Crippen LogP contribution in [-0.4, -0.2) is 16.5 Å². The maximum absolute atomic E-state index is 6.19. The summed E-state index contributed by atoms with van der Waals surface area (Å²) in [6.45, 7) is 1.73. The second-order valence-corrected chi connectivity index (χ2v) is 4.72. The van der Waals surface area contributed by atoms with Crippen LogP contribution in [0.4, 0.5) is 0 Å². The van der Waals surface area contributed by atoms with Crippen LogP contribution in [0.5, 0.6) is 0 Å². The minimum atomic E-state index is 0.585. The Morgan fingerprint density at radius 2 is 2.28 bits per heavy atom. The van der Waals surface area contributed by atoms with E-state index in [1.54, 1.807) is 6.26 Å². The van der Waals surface area contributed by atoms with Crippen LogP contribution >= 0.6 is 11.6 Å². The average molecular weight is 264 g/mol. The van der Waals surface area contributed by atoms with Crippen molar-refractivity contribution in [3.05, 3.63) is 46.4 Å². The third kappa shape index (κ3) is 2.40. The number of fused-ring (bicyclic) bond motifs is 1. The molecule has 1 aliphatic rings. The summed E-state index contributed by atoms with van der Waals surface area (Å²) >= 11 is 6.19. The van der Waals surface area contributed by atoms with Gasteiger partial charge >= 0.3 is 0 Å². The van der Waals surface area contributed by atoms with Crippen molar-refractivity contribution in [1.82, 2.24) is 15.3 Å². The Balaban J connectivity index is 1.78. The van der Waals surface area contributed by atoms with Gasteiger partial charge in [0, 0.05) is 37.9 Å². The molecule has 3 rings (SSSR count). The Morgan fingerprint density at radius 1 is 1.33 bits per heavy atom. The first kappa shape index (κ1) is 11.7. The summed E-state index contributed by atoms with van der Waals surface area (Å²) in [5.74, 6) is 1.76. The molecule has 0 fully saturated rings. The van der Waals surface area contributed by atoms with Gasteiger partial charge in [-0.25, -0.2) is 9.97 Å². The smallest absolute Gasteiger partial charge is 0.137 e. The van der Waals surface area contributed by atoms with Gasteiger partial charge in [-0.1, -0.05) is 11.6 Å². The molecule has 0 amide bonds. The number of furan rings is 1. The van der Waals surface area contributed by atoms with Crippen molar-refractivity contribution in [2.45, 2.75) is 25.8 Å². The predicted octanol–water partition coefficient (Wildman–Crippen LogP) is 2.15. The van der Waals surface area contributed by atoms with Gasteiger partial charge in [0.1, 0.15) is 16.7 Å². The van der Waals surface area contributed by atoms with E-state index in [9.17, 15) is 0 Å². The minimum absolute atomic E-state index is 0.585. The van der Waals surface area contributed by atoms with Crippen LogP contribution in [0, 0.1) is 0 Å². The van der Waals surface area contributed by atoms with E-state index in [0.717, 1.165) is 55.2 Å². The van der Waals surface area contributed by atoms with Crippen LogP contribution in [0.1, 0.15) is 22.8 Å². The van der Waals surface area contributed by atoms with Crippen LogP contribution in [0.3, 0.4) is 0 Å². The highest BCUT2D eigenvalue weighted by atomic mass is 35.5. The van der Waals surface area contributed by atoms with Crippen LogP contribution < -0.4 is 5.32 Å². The number of aromatic nitrogens is 2. The maximum atomic E-state index is 6.19. The Morgan fingerprint density at radius 3 is 3.11 bits per heavy atom. The maximum Gasteiger partial charge on any atom is 0.137 e. The Labute approximate surface area is 110 Å². The largest absolute Gasteiger partial charge is 0.469 e. The summed E-state index contributed by atoms with van der Waals surface area (Å²) in [6, 6.07) is 3.85. The highest BCUT2D eigenvalue weighted by Crippen LogP contribution is 2.20. The standard InChI is InChI=1S/C13H14ClN3O/c14-13-10-8-15-6-5-11(10)16-12(17-13)4-3-9-2-1-7-18-9/h1-2,7,15H,3-6,8H2. The van der Waals surface area contributed by atoms with Crippen molar-refractivity contribution in [1.29, 1.82) is 0 Å². The summed E-state index contributed by atoms with van der Waals surface area (Å²) < 4.78 is 5.30. The molecule has 1 aliphatic heterocycles. The predicted molar refractivity (Wildman–Crippen MR) is 68.6 cm³/mol. The molecule has 94 valence electrons. The summed E-state index contributed by atoms with van der Waals surface area (Å²) in [5, 5.41) is 3.86. The van der Waals surface area contributed by atoms with Crippen LogP contribution in [-0.2, 0) is 25.8 Å². The van der Waals surface area contributed by atoms with E-state index in [0.29, 0.717) is 5.15 Å². The molecular weight excluding hydrogens is 250 g/mol. The van der Waals surface area contributed by atoms with Gasteiger partial charge in [0.15, 0.2) is 0 Å². The molecule has 18 heavy (non-hydrogen) atoms. The number of nitrogens with zero attached hydrogens (tertiary/aromatic N) is 2. The fourth-order valence-electron chi connectivity index (χ4n) is 2.15. The normalized spacial score (nSPS) is 14.5.